The first-order valence-electron chi connectivity index (χ1n) is 7.28. The van der Waals surface area contributed by atoms with Crippen LogP contribution in [-0.4, -0.2) is 43.2 Å². The van der Waals surface area contributed by atoms with Gasteiger partial charge in [0.25, 0.3) is 0 Å². The highest BCUT2D eigenvalue weighted by Crippen LogP contribution is 2.20. The number of amides is 2. The first kappa shape index (κ1) is 13.6. The van der Waals surface area contributed by atoms with E-state index in [4.69, 9.17) is 11.6 Å². The maximum atomic E-state index is 12.1. The van der Waals surface area contributed by atoms with Crippen LogP contribution in [0.5, 0.6) is 0 Å². The molecule has 1 aliphatic carbocycles. The minimum absolute atomic E-state index is 0.102. The van der Waals surface area contributed by atoms with Gasteiger partial charge >= 0.3 is 6.03 Å². The number of halogens is 1. The van der Waals surface area contributed by atoms with Crippen molar-refractivity contribution < 1.29 is 4.79 Å². The molecule has 3 rings (SSSR count). The Kier molecular flexibility index (Phi) is 4.01. The van der Waals surface area contributed by atoms with Gasteiger partial charge in [-0.25, -0.2) is 4.79 Å². The molecule has 5 heteroatoms. The Morgan fingerprint density at radius 2 is 1.75 bits per heavy atom. The molecular weight excluding hydrogens is 274 g/mol. The van der Waals surface area contributed by atoms with Gasteiger partial charge < -0.3 is 15.1 Å². The lowest BCUT2D eigenvalue weighted by Gasteiger charge is -2.37. The summed E-state index contributed by atoms with van der Waals surface area (Å²) in [6, 6.07) is 8.40. The molecule has 108 valence electrons. The third-order valence-electron chi connectivity index (χ3n) is 4.19. The summed E-state index contributed by atoms with van der Waals surface area (Å²) in [6.07, 6.45) is 3.52. The fraction of sp³-hybridized carbons (Fsp3) is 0.533. The highest BCUT2D eigenvalue weighted by molar-refractivity contribution is 6.30. The minimum atomic E-state index is 0.102. The zero-order valence-electron chi connectivity index (χ0n) is 11.5. The number of benzene rings is 1. The monoisotopic (exact) mass is 293 g/mol. The molecule has 1 N–H and O–H groups in total. The average Bonchev–Trinajstić information content (AvgIpc) is 2.44. The fourth-order valence-corrected chi connectivity index (χ4v) is 2.76. The number of hydrogen-bond acceptors (Lipinski definition) is 2. The topological polar surface area (TPSA) is 35.6 Å². The van der Waals surface area contributed by atoms with Gasteiger partial charge in [0.15, 0.2) is 0 Å². The van der Waals surface area contributed by atoms with Crippen LogP contribution in [0.15, 0.2) is 24.3 Å². The lowest BCUT2D eigenvalue weighted by molar-refractivity contribution is 0.183. The molecule has 1 aromatic carbocycles. The van der Waals surface area contributed by atoms with Crippen LogP contribution >= 0.6 is 11.6 Å². The normalized spacial score (nSPS) is 19.6. The summed E-state index contributed by atoms with van der Waals surface area (Å²) < 4.78 is 0. The second-order valence-electron chi connectivity index (χ2n) is 5.53. The fourth-order valence-electron chi connectivity index (χ4n) is 2.64. The van der Waals surface area contributed by atoms with Gasteiger partial charge in [0.2, 0.25) is 0 Å². The Bertz CT molecular complexity index is 465. The largest absolute Gasteiger partial charge is 0.368 e. The van der Waals surface area contributed by atoms with Gasteiger partial charge in [-0.15, -0.1) is 0 Å². The van der Waals surface area contributed by atoms with Gasteiger partial charge in [-0.1, -0.05) is 11.6 Å². The molecule has 2 fully saturated rings. The summed E-state index contributed by atoms with van der Waals surface area (Å²) in [5.41, 5.74) is 1.17. The molecule has 0 atom stereocenters. The highest BCUT2D eigenvalue weighted by Gasteiger charge is 2.25. The Morgan fingerprint density at radius 1 is 1.10 bits per heavy atom. The van der Waals surface area contributed by atoms with Gasteiger partial charge in [-0.3, -0.25) is 0 Å². The van der Waals surface area contributed by atoms with Crippen LogP contribution in [-0.2, 0) is 0 Å². The quantitative estimate of drug-likeness (QED) is 0.910. The van der Waals surface area contributed by atoms with E-state index in [0.29, 0.717) is 6.04 Å². The summed E-state index contributed by atoms with van der Waals surface area (Å²) >= 11 is 5.90. The van der Waals surface area contributed by atoms with E-state index in [1.54, 1.807) is 0 Å². The minimum Gasteiger partial charge on any atom is -0.368 e. The Hall–Kier alpha value is -1.42. The Labute approximate surface area is 124 Å². The van der Waals surface area contributed by atoms with Crippen molar-refractivity contribution in [3.05, 3.63) is 29.3 Å². The van der Waals surface area contributed by atoms with Crippen molar-refractivity contribution in [1.82, 2.24) is 10.2 Å². The summed E-state index contributed by atoms with van der Waals surface area (Å²) in [5, 5.41) is 3.86. The number of piperazine rings is 1. The first-order valence-corrected chi connectivity index (χ1v) is 7.66. The lowest BCUT2D eigenvalue weighted by atomic mass is 9.93. The molecule has 0 bridgehead atoms. The molecule has 4 nitrogen and oxygen atoms in total. The first-order chi connectivity index (χ1) is 9.72. The average molecular weight is 294 g/mol. The highest BCUT2D eigenvalue weighted by atomic mass is 35.5. The molecule has 1 saturated carbocycles. The second-order valence-corrected chi connectivity index (χ2v) is 5.96. The summed E-state index contributed by atoms with van der Waals surface area (Å²) in [5.74, 6) is 0. The van der Waals surface area contributed by atoms with Crippen LogP contribution in [0.1, 0.15) is 19.3 Å². The summed E-state index contributed by atoms with van der Waals surface area (Å²) in [6.45, 7) is 3.31. The Morgan fingerprint density at radius 3 is 2.30 bits per heavy atom. The number of urea groups is 1. The molecule has 2 aliphatic rings. The number of anilines is 1. The number of carbonyl (C=O) groups excluding carboxylic acids is 1. The number of hydrogen-bond donors (Lipinski definition) is 1. The molecule has 1 aromatic rings. The van der Waals surface area contributed by atoms with Crippen LogP contribution in [0.25, 0.3) is 0 Å². The number of nitrogens with one attached hydrogen (secondary N) is 1. The van der Waals surface area contributed by atoms with E-state index in [1.807, 2.05) is 29.2 Å². The van der Waals surface area contributed by atoms with Crippen molar-refractivity contribution in [2.45, 2.75) is 25.3 Å². The van der Waals surface area contributed by atoms with E-state index < -0.39 is 0 Å². The van der Waals surface area contributed by atoms with E-state index >= 15 is 0 Å². The molecule has 1 saturated heterocycles. The lowest BCUT2D eigenvalue weighted by Crippen LogP contribution is -2.54. The van der Waals surface area contributed by atoms with Gasteiger partial charge in [-0.05, 0) is 43.5 Å². The molecule has 1 heterocycles. The molecule has 0 unspecified atom stereocenters. The van der Waals surface area contributed by atoms with Crippen LogP contribution in [0.4, 0.5) is 10.5 Å². The zero-order chi connectivity index (χ0) is 13.9. The number of carbonyl (C=O) groups is 1. The van der Waals surface area contributed by atoms with Crippen molar-refractivity contribution in [3.8, 4) is 0 Å². The van der Waals surface area contributed by atoms with Crippen LogP contribution in [0, 0.1) is 0 Å². The molecule has 0 spiro atoms. The van der Waals surface area contributed by atoms with Crippen molar-refractivity contribution in [1.29, 1.82) is 0 Å². The second kappa shape index (κ2) is 5.92. The SMILES string of the molecule is O=C(NC1CCC1)N1CCN(c2ccc(Cl)cc2)CC1. The third-order valence-corrected chi connectivity index (χ3v) is 4.44. The van der Waals surface area contributed by atoms with Crippen LogP contribution < -0.4 is 10.2 Å². The predicted octanol–water partition coefficient (Wildman–Crippen LogP) is 2.72. The molecule has 20 heavy (non-hydrogen) atoms. The summed E-state index contributed by atoms with van der Waals surface area (Å²) in [4.78, 5) is 16.3. The van der Waals surface area contributed by atoms with Gasteiger partial charge in [-0.2, -0.15) is 0 Å². The van der Waals surface area contributed by atoms with Gasteiger partial charge in [0.05, 0.1) is 0 Å². The van der Waals surface area contributed by atoms with Gasteiger partial charge in [0, 0.05) is 42.9 Å². The van der Waals surface area contributed by atoms with Crippen molar-refractivity contribution in [2.24, 2.45) is 0 Å². The van der Waals surface area contributed by atoms with E-state index in [-0.39, 0.29) is 6.03 Å². The van der Waals surface area contributed by atoms with E-state index in [0.717, 1.165) is 44.0 Å². The molecule has 1 aliphatic heterocycles. The number of nitrogens with zero attached hydrogens (tertiary/aromatic N) is 2. The van der Waals surface area contributed by atoms with E-state index in [9.17, 15) is 4.79 Å². The van der Waals surface area contributed by atoms with Gasteiger partial charge in [0.1, 0.15) is 0 Å². The molecule has 0 radical (unpaired) electrons. The third kappa shape index (κ3) is 3.01. The maximum Gasteiger partial charge on any atom is 0.317 e. The van der Waals surface area contributed by atoms with Crippen LogP contribution in [0.3, 0.4) is 0 Å². The zero-order valence-corrected chi connectivity index (χ0v) is 12.3. The van der Waals surface area contributed by atoms with Crippen molar-refractivity contribution in [2.75, 3.05) is 31.1 Å². The summed E-state index contributed by atoms with van der Waals surface area (Å²) in [7, 11) is 0. The van der Waals surface area contributed by atoms with E-state index in [2.05, 4.69) is 10.2 Å². The molecule has 2 amide bonds. The van der Waals surface area contributed by atoms with Crippen molar-refractivity contribution >= 4 is 23.3 Å². The smallest absolute Gasteiger partial charge is 0.317 e. The standard InChI is InChI=1S/C15H20ClN3O/c16-12-4-6-14(7-5-12)18-8-10-19(11-9-18)15(20)17-13-2-1-3-13/h4-7,13H,1-3,8-11H2,(H,17,20). The maximum absolute atomic E-state index is 12.1. The molecule has 0 aromatic heterocycles. The Balaban J connectivity index is 1.51. The van der Waals surface area contributed by atoms with Crippen molar-refractivity contribution in [3.63, 3.8) is 0 Å². The molecular formula is C15H20ClN3O. The number of rotatable bonds is 2. The van der Waals surface area contributed by atoms with E-state index in [1.165, 1.54) is 12.1 Å². The predicted molar refractivity (Wildman–Crippen MR) is 81.4 cm³/mol. The van der Waals surface area contributed by atoms with Crippen LogP contribution in [0.2, 0.25) is 5.02 Å².